The normalized spacial score (nSPS) is 13.8. The van der Waals surface area contributed by atoms with E-state index in [1.165, 1.54) is 76.6 Å². The quantitative estimate of drug-likeness (QED) is 0.162. The molecule has 0 bridgehead atoms. The summed E-state index contributed by atoms with van der Waals surface area (Å²) < 4.78 is 0. The van der Waals surface area contributed by atoms with Gasteiger partial charge in [-0.15, -0.1) is 0 Å². The van der Waals surface area contributed by atoms with Crippen molar-refractivity contribution in [2.24, 2.45) is 0 Å². The Morgan fingerprint density at radius 3 is 1.22 bits per heavy atom. The molecule has 286 valence electrons. The van der Waals surface area contributed by atoms with Gasteiger partial charge in [0, 0.05) is 22.1 Å². The predicted molar refractivity (Wildman–Crippen MR) is 247 cm³/mol. The van der Waals surface area contributed by atoms with Crippen LogP contribution in [0.5, 0.6) is 0 Å². The molecule has 2 aliphatic carbocycles. The van der Waals surface area contributed by atoms with Crippen LogP contribution in [0.2, 0.25) is 0 Å². The number of fused-ring (bicyclic) bond motifs is 5. The Morgan fingerprint density at radius 1 is 0.267 bits per heavy atom. The van der Waals surface area contributed by atoms with Crippen LogP contribution in [0.3, 0.4) is 0 Å². The van der Waals surface area contributed by atoms with Gasteiger partial charge in [0.25, 0.3) is 0 Å². The van der Waals surface area contributed by atoms with Gasteiger partial charge in [0.2, 0.25) is 0 Å². The van der Waals surface area contributed by atoms with Gasteiger partial charge >= 0.3 is 0 Å². The molecule has 0 N–H and O–H groups in total. The maximum Gasteiger partial charge on any atom is 0.164 e. The summed E-state index contributed by atoms with van der Waals surface area (Å²) in [6.45, 7) is 0. The lowest BCUT2D eigenvalue weighted by molar-refractivity contribution is 0.353. The van der Waals surface area contributed by atoms with Gasteiger partial charge in [0.05, 0.1) is 0 Å². The maximum atomic E-state index is 5.14. The van der Waals surface area contributed by atoms with E-state index in [1.807, 2.05) is 12.1 Å². The zero-order chi connectivity index (χ0) is 39.9. The first-order chi connectivity index (χ1) is 29.7. The molecule has 2 aliphatic rings. The maximum absolute atomic E-state index is 5.14. The van der Waals surface area contributed by atoms with Gasteiger partial charge in [-0.2, -0.15) is 0 Å². The van der Waals surface area contributed by atoms with Crippen molar-refractivity contribution in [2.45, 2.75) is 37.5 Å². The molecule has 0 atom stereocenters. The second-order valence-electron chi connectivity index (χ2n) is 16.3. The summed E-state index contributed by atoms with van der Waals surface area (Å²) in [5.41, 5.74) is 18.3. The Morgan fingerprint density at radius 2 is 0.650 bits per heavy atom. The molecule has 8 aromatic carbocycles. The Hall–Kier alpha value is -7.23. The molecular formula is C57H43N3. The second-order valence-corrected chi connectivity index (χ2v) is 16.3. The molecule has 60 heavy (non-hydrogen) atoms. The van der Waals surface area contributed by atoms with Crippen LogP contribution >= 0.6 is 0 Å². The van der Waals surface area contributed by atoms with Crippen molar-refractivity contribution in [3.05, 3.63) is 211 Å². The lowest BCUT2D eigenvalue weighted by Crippen LogP contribution is -2.28. The average molecular weight is 770 g/mol. The van der Waals surface area contributed by atoms with Crippen LogP contribution in [0, 0.1) is 0 Å². The molecule has 1 spiro atoms. The second kappa shape index (κ2) is 15.2. The number of nitrogens with zero attached hydrogens (tertiary/aromatic N) is 3. The third-order valence-electron chi connectivity index (χ3n) is 12.8. The first kappa shape index (κ1) is 35.9. The highest BCUT2D eigenvalue weighted by molar-refractivity contribution is 5.85. The minimum absolute atomic E-state index is 0.127. The minimum Gasteiger partial charge on any atom is -0.208 e. The fourth-order valence-electron chi connectivity index (χ4n) is 9.69. The van der Waals surface area contributed by atoms with Crippen LogP contribution < -0.4 is 0 Å². The van der Waals surface area contributed by atoms with Crippen molar-refractivity contribution in [3.63, 3.8) is 0 Å². The molecule has 1 fully saturated rings. The zero-order valence-corrected chi connectivity index (χ0v) is 33.4. The van der Waals surface area contributed by atoms with E-state index >= 15 is 0 Å². The number of hydrogen-bond acceptors (Lipinski definition) is 3. The lowest BCUT2D eigenvalue weighted by atomic mass is 9.67. The van der Waals surface area contributed by atoms with E-state index in [0.29, 0.717) is 17.5 Å². The van der Waals surface area contributed by atoms with Crippen LogP contribution in [-0.2, 0) is 5.41 Å². The Bertz CT molecular complexity index is 2880. The highest BCUT2D eigenvalue weighted by Crippen LogP contribution is 2.56. The van der Waals surface area contributed by atoms with E-state index in [0.717, 1.165) is 38.9 Å². The molecule has 1 saturated carbocycles. The van der Waals surface area contributed by atoms with E-state index in [1.54, 1.807) is 0 Å². The van der Waals surface area contributed by atoms with Crippen molar-refractivity contribution in [1.82, 2.24) is 15.0 Å². The van der Waals surface area contributed by atoms with Crippen molar-refractivity contribution in [2.75, 3.05) is 0 Å². The van der Waals surface area contributed by atoms with Crippen LogP contribution in [-0.4, -0.2) is 15.0 Å². The molecule has 3 heteroatoms. The van der Waals surface area contributed by atoms with Crippen molar-refractivity contribution < 1.29 is 0 Å². The smallest absolute Gasteiger partial charge is 0.164 e. The summed E-state index contributed by atoms with van der Waals surface area (Å²) in [5, 5.41) is 0. The molecule has 0 saturated heterocycles. The SMILES string of the molecule is c1ccc(-c2ccc(-c3nc(-c4ccc(-c5ccccc5)cc4)nc(-c4cccc(-c5cccc(-c6ccc7c(c6)C6(CCCCC6)c6ccccc6-7)c5)c4)n3)cc2)cc1. The van der Waals surface area contributed by atoms with Crippen LogP contribution in [0.1, 0.15) is 43.2 Å². The molecular weight excluding hydrogens is 727 g/mol. The number of hydrogen-bond donors (Lipinski definition) is 0. The molecule has 3 nitrogen and oxygen atoms in total. The molecule has 1 aromatic heterocycles. The van der Waals surface area contributed by atoms with Crippen LogP contribution in [0.15, 0.2) is 200 Å². The van der Waals surface area contributed by atoms with Crippen molar-refractivity contribution in [3.8, 4) is 89.8 Å². The summed E-state index contributed by atoms with van der Waals surface area (Å²) >= 11 is 0. The first-order valence-electron chi connectivity index (χ1n) is 21.2. The number of benzene rings is 8. The molecule has 0 unspecified atom stereocenters. The van der Waals surface area contributed by atoms with Crippen molar-refractivity contribution >= 4 is 0 Å². The number of rotatable bonds is 7. The van der Waals surface area contributed by atoms with E-state index < -0.39 is 0 Å². The third kappa shape index (κ3) is 6.53. The summed E-state index contributed by atoms with van der Waals surface area (Å²) in [5.74, 6) is 1.93. The third-order valence-corrected chi connectivity index (χ3v) is 12.8. The summed E-state index contributed by atoms with van der Waals surface area (Å²) in [6.07, 6.45) is 6.36. The molecule has 9 aromatic rings. The van der Waals surface area contributed by atoms with E-state index in [-0.39, 0.29) is 5.41 Å². The molecule has 0 aliphatic heterocycles. The summed E-state index contributed by atoms with van der Waals surface area (Å²) in [4.78, 5) is 15.4. The van der Waals surface area contributed by atoms with Gasteiger partial charge in [-0.1, -0.05) is 201 Å². The van der Waals surface area contributed by atoms with Gasteiger partial charge in [-0.25, -0.2) is 15.0 Å². The van der Waals surface area contributed by atoms with Gasteiger partial charge in [-0.3, -0.25) is 0 Å². The highest BCUT2D eigenvalue weighted by atomic mass is 15.0. The van der Waals surface area contributed by atoms with Gasteiger partial charge in [-0.05, 0) is 97.8 Å². The van der Waals surface area contributed by atoms with Gasteiger partial charge in [0.1, 0.15) is 0 Å². The van der Waals surface area contributed by atoms with E-state index in [4.69, 9.17) is 15.0 Å². The average Bonchev–Trinajstić information content (AvgIpc) is 3.60. The molecule has 11 rings (SSSR count). The Kier molecular flexibility index (Phi) is 9.08. The minimum atomic E-state index is 0.127. The van der Waals surface area contributed by atoms with Crippen LogP contribution in [0.4, 0.5) is 0 Å². The topological polar surface area (TPSA) is 38.7 Å². The fraction of sp³-hybridized carbons (Fsp3) is 0.105. The standard InChI is InChI=1S/C57H43N3/c1-4-14-39(15-5-1)41-24-28-43(29-25-41)54-58-55(44-30-26-42(27-31-44)40-16-6-2-7-17-40)60-56(59-54)49-21-13-20-47(37-49)45-18-12-19-46(36-45)48-32-33-51-50-22-8-9-23-52(50)57(53(51)38-48)34-10-3-11-35-57/h1-2,4-9,12-33,36-38H,3,10-11,34-35H2. The largest absolute Gasteiger partial charge is 0.208 e. The van der Waals surface area contributed by atoms with E-state index in [2.05, 4.69) is 188 Å². The fourth-order valence-corrected chi connectivity index (χ4v) is 9.69. The Balaban J connectivity index is 0.961. The first-order valence-corrected chi connectivity index (χ1v) is 21.2. The summed E-state index contributed by atoms with van der Waals surface area (Å²) in [6, 6.07) is 71.9. The lowest BCUT2D eigenvalue weighted by Gasteiger charge is -2.36. The monoisotopic (exact) mass is 769 g/mol. The summed E-state index contributed by atoms with van der Waals surface area (Å²) in [7, 11) is 0. The molecule has 1 heterocycles. The zero-order valence-electron chi connectivity index (χ0n) is 33.4. The predicted octanol–water partition coefficient (Wildman–Crippen LogP) is 14.8. The molecule has 0 amide bonds. The molecule has 0 radical (unpaired) electrons. The Labute approximate surface area is 352 Å². The van der Waals surface area contributed by atoms with Gasteiger partial charge < -0.3 is 0 Å². The van der Waals surface area contributed by atoms with E-state index in [9.17, 15) is 0 Å². The number of aromatic nitrogens is 3. The van der Waals surface area contributed by atoms with Crippen molar-refractivity contribution in [1.29, 1.82) is 0 Å². The highest BCUT2D eigenvalue weighted by Gasteiger charge is 2.43. The van der Waals surface area contributed by atoms with Crippen LogP contribution in [0.25, 0.3) is 89.8 Å². The van der Waals surface area contributed by atoms with Gasteiger partial charge in [0.15, 0.2) is 17.5 Å².